The van der Waals surface area contributed by atoms with E-state index in [1.54, 1.807) is 0 Å². The van der Waals surface area contributed by atoms with Crippen molar-refractivity contribution in [1.29, 1.82) is 0 Å². The van der Waals surface area contributed by atoms with Gasteiger partial charge in [0.05, 0.1) is 16.7 Å². The van der Waals surface area contributed by atoms with Crippen molar-refractivity contribution in [2.24, 2.45) is 34.7 Å². The highest BCUT2D eigenvalue weighted by molar-refractivity contribution is 7.89. The number of amides is 3. The second-order valence-electron chi connectivity index (χ2n) is 8.75. The third-order valence-electron chi connectivity index (χ3n) is 6.26. The van der Waals surface area contributed by atoms with Crippen LogP contribution in [-0.4, -0.2) is 37.1 Å². The minimum absolute atomic E-state index is 0.0695. The highest BCUT2D eigenvalue weighted by Crippen LogP contribution is 2.53. The predicted molar refractivity (Wildman–Crippen MR) is 109 cm³/mol. The normalized spacial score (nSPS) is 28.3. The number of anilines is 1. The number of hydrogen-bond acceptors (Lipinski definition) is 5. The van der Waals surface area contributed by atoms with Crippen LogP contribution in [0.4, 0.5) is 5.69 Å². The lowest BCUT2D eigenvalue weighted by atomic mass is 9.85. The molecule has 1 saturated heterocycles. The maximum Gasteiger partial charge on any atom is 0.247 e. The van der Waals surface area contributed by atoms with Gasteiger partial charge >= 0.3 is 0 Å². The number of imide groups is 1. The molecule has 5 atom stereocenters. The topological polar surface area (TPSA) is 127 Å². The molecular formula is C21H25N3O5S. The second kappa shape index (κ2) is 7.31. The van der Waals surface area contributed by atoms with E-state index in [-0.39, 0.29) is 46.3 Å². The van der Waals surface area contributed by atoms with Crippen molar-refractivity contribution in [3.63, 3.8) is 0 Å². The molecule has 8 nitrogen and oxygen atoms in total. The standard InChI is InChI=1S/C21H25N3O5S/c1-11(2)9-16(19(25)23-14-5-7-15(8-6-14)30(22,28)29)24-20(26)17-12-3-4-13(10-12)18(17)21(24)27/h3-8,11-13,16-18H,9-10H2,1-2H3,(H,23,25)(H2,22,28,29)/t12-,13-,16+,17-,18-/m0/s1. The lowest BCUT2D eigenvalue weighted by Gasteiger charge is -2.28. The maximum atomic E-state index is 13.1. The van der Waals surface area contributed by atoms with Crippen molar-refractivity contribution in [2.45, 2.75) is 37.6 Å². The van der Waals surface area contributed by atoms with E-state index in [9.17, 15) is 22.8 Å². The molecule has 1 heterocycles. The zero-order chi connectivity index (χ0) is 21.8. The van der Waals surface area contributed by atoms with Crippen LogP contribution >= 0.6 is 0 Å². The fourth-order valence-corrected chi connectivity index (χ4v) is 5.48. The molecule has 9 heteroatoms. The van der Waals surface area contributed by atoms with Gasteiger partial charge in [-0.2, -0.15) is 0 Å². The molecule has 1 aromatic rings. The Bertz CT molecular complexity index is 1000. The molecular weight excluding hydrogens is 406 g/mol. The second-order valence-corrected chi connectivity index (χ2v) is 10.3. The number of fused-ring (bicyclic) bond motifs is 5. The van der Waals surface area contributed by atoms with Gasteiger partial charge in [-0.15, -0.1) is 0 Å². The molecule has 2 bridgehead atoms. The van der Waals surface area contributed by atoms with Crippen molar-refractivity contribution >= 4 is 33.4 Å². The molecule has 3 N–H and O–H groups in total. The first-order valence-corrected chi connectivity index (χ1v) is 11.6. The van der Waals surface area contributed by atoms with Gasteiger partial charge in [0.25, 0.3) is 0 Å². The number of nitrogens with one attached hydrogen (secondary N) is 1. The van der Waals surface area contributed by atoms with Crippen molar-refractivity contribution in [3.05, 3.63) is 36.4 Å². The van der Waals surface area contributed by atoms with Crippen molar-refractivity contribution < 1.29 is 22.8 Å². The minimum atomic E-state index is -3.84. The number of carbonyl (C=O) groups is 3. The van der Waals surface area contributed by atoms with E-state index in [0.717, 1.165) is 6.42 Å². The molecule has 2 fully saturated rings. The molecule has 0 spiro atoms. The lowest BCUT2D eigenvalue weighted by molar-refractivity contribution is -0.147. The summed E-state index contributed by atoms with van der Waals surface area (Å²) in [5.41, 5.74) is 0.363. The fourth-order valence-electron chi connectivity index (χ4n) is 4.96. The minimum Gasteiger partial charge on any atom is -0.324 e. The van der Waals surface area contributed by atoms with Gasteiger partial charge in [-0.1, -0.05) is 26.0 Å². The summed E-state index contributed by atoms with van der Waals surface area (Å²) in [7, 11) is -3.84. The quantitative estimate of drug-likeness (QED) is 0.521. The molecule has 160 valence electrons. The van der Waals surface area contributed by atoms with Crippen LogP contribution in [0, 0.1) is 29.6 Å². The monoisotopic (exact) mass is 431 g/mol. The summed E-state index contributed by atoms with van der Waals surface area (Å²) in [6.45, 7) is 3.86. The Morgan fingerprint density at radius 3 is 2.10 bits per heavy atom. The zero-order valence-corrected chi connectivity index (χ0v) is 17.6. The number of likely N-dealkylation sites (tertiary alicyclic amines) is 1. The zero-order valence-electron chi connectivity index (χ0n) is 16.8. The van der Waals surface area contributed by atoms with Crippen LogP contribution < -0.4 is 10.5 Å². The molecule has 1 aliphatic heterocycles. The maximum absolute atomic E-state index is 13.1. The van der Waals surface area contributed by atoms with Gasteiger partial charge in [-0.3, -0.25) is 19.3 Å². The van der Waals surface area contributed by atoms with E-state index < -0.39 is 22.0 Å². The molecule has 2 aliphatic carbocycles. The molecule has 1 saturated carbocycles. The average Bonchev–Trinajstić information content (AvgIpc) is 3.33. The summed E-state index contributed by atoms with van der Waals surface area (Å²) in [6.07, 6.45) is 5.22. The summed E-state index contributed by atoms with van der Waals surface area (Å²) in [5, 5.41) is 7.81. The van der Waals surface area contributed by atoms with Crippen LogP contribution in [0.3, 0.4) is 0 Å². The van der Waals surface area contributed by atoms with Gasteiger partial charge in [-0.05, 0) is 54.9 Å². The Morgan fingerprint density at radius 2 is 1.63 bits per heavy atom. The number of sulfonamides is 1. The summed E-state index contributed by atoms with van der Waals surface area (Å²) < 4.78 is 22.8. The number of nitrogens with two attached hydrogens (primary N) is 1. The molecule has 3 aliphatic rings. The smallest absolute Gasteiger partial charge is 0.247 e. The summed E-state index contributed by atoms with van der Waals surface area (Å²) >= 11 is 0. The average molecular weight is 432 g/mol. The van der Waals surface area contributed by atoms with Gasteiger partial charge in [0.2, 0.25) is 27.7 Å². The lowest BCUT2D eigenvalue weighted by Crippen LogP contribution is -2.49. The van der Waals surface area contributed by atoms with E-state index in [1.807, 2.05) is 26.0 Å². The Kier molecular flexibility index (Phi) is 5.06. The Balaban J connectivity index is 1.56. The number of rotatable bonds is 6. The third-order valence-corrected chi connectivity index (χ3v) is 7.19. The highest BCUT2D eigenvalue weighted by atomic mass is 32.2. The van der Waals surface area contributed by atoms with Crippen molar-refractivity contribution in [3.8, 4) is 0 Å². The number of primary sulfonamides is 1. The van der Waals surface area contributed by atoms with Crippen LogP contribution in [-0.2, 0) is 24.4 Å². The van der Waals surface area contributed by atoms with E-state index >= 15 is 0 Å². The van der Waals surface area contributed by atoms with Gasteiger partial charge in [0.1, 0.15) is 6.04 Å². The molecule has 0 radical (unpaired) electrons. The Hall–Kier alpha value is -2.52. The number of benzene rings is 1. The summed E-state index contributed by atoms with van der Waals surface area (Å²) in [6, 6.07) is 4.53. The van der Waals surface area contributed by atoms with Gasteiger partial charge in [0, 0.05) is 5.69 Å². The fraction of sp³-hybridized carbons (Fsp3) is 0.476. The highest BCUT2D eigenvalue weighted by Gasteiger charge is 2.61. The number of nitrogens with zero attached hydrogens (tertiary/aromatic N) is 1. The number of carbonyl (C=O) groups excluding carboxylic acids is 3. The summed E-state index contributed by atoms with van der Waals surface area (Å²) in [4.78, 5) is 40.5. The van der Waals surface area contributed by atoms with E-state index in [0.29, 0.717) is 12.1 Å². The van der Waals surface area contributed by atoms with Crippen LogP contribution in [0.1, 0.15) is 26.7 Å². The van der Waals surface area contributed by atoms with Gasteiger partial charge in [-0.25, -0.2) is 13.6 Å². The number of hydrogen-bond donors (Lipinski definition) is 2. The molecule has 0 aromatic heterocycles. The third kappa shape index (κ3) is 3.45. The Labute approximate surface area is 175 Å². The molecule has 3 amide bonds. The van der Waals surface area contributed by atoms with E-state index in [2.05, 4.69) is 5.32 Å². The SMILES string of the molecule is CC(C)C[C@H](C(=O)Nc1ccc(S(N)(=O)=O)cc1)N1C(=O)[C@@H]2[C@@H](C1=O)[C@H]1C=C[C@H]2C1. The Morgan fingerprint density at radius 1 is 1.10 bits per heavy atom. The molecule has 4 rings (SSSR count). The van der Waals surface area contributed by atoms with Crippen LogP contribution in [0.5, 0.6) is 0 Å². The largest absolute Gasteiger partial charge is 0.324 e. The molecule has 30 heavy (non-hydrogen) atoms. The van der Waals surface area contributed by atoms with Crippen LogP contribution in [0.15, 0.2) is 41.3 Å². The molecule has 0 unspecified atom stereocenters. The van der Waals surface area contributed by atoms with Gasteiger partial charge in [0.15, 0.2) is 0 Å². The van der Waals surface area contributed by atoms with Crippen LogP contribution in [0.2, 0.25) is 0 Å². The van der Waals surface area contributed by atoms with Crippen LogP contribution in [0.25, 0.3) is 0 Å². The van der Waals surface area contributed by atoms with Crippen molar-refractivity contribution in [2.75, 3.05) is 5.32 Å². The number of allylic oxidation sites excluding steroid dienone is 2. The summed E-state index contributed by atoms with van der Waals surface area (Å²) in [5.74, 6) is -1.45. The predicted octanol–water partition coefficient (Wildman–Crippen LogP) is 1.49. The van der Waals surface area contributed by atoms with Crippen molar-refractivity contribution in [1.82, 2.24) is 4.90 Å². The first-order chi connectivity index (χ1) is 14.1. The first kappa shape index (κ1) is 20.7. The van der Waals surface area contributed by atoms with E-state index in [1.165, 1.54) is 29.2 Å². The molecule has 1 aromatic carbocycles. The van der Waals surface area contributed by atoms with E-state index in [4.69, 9.17) is 5.14 Å². The first-order valence-electron chi connectivity index (χ1n) is 10.1. The van der Waals surface area contributed by atoms with Gasteiger partial charge < -0.3 is 5.32 Å².